The number of terminal acetylenes is 1. The molecule has 1 aromatic carbocycles. The number of likely N-dealkylation sites (tertiary alicyclic amines) is 1. The molecule has 2 N–H and O–H groups in total. The summed E-state index contributed by atoms with van der Waals surface area (Å²) in [5.41, 5.74) is -1.08. The number of rotatable bonds is 4. The number of halogens is 1. The van der Waals surface area contributed by atoms with Gasteiger partial charge in [0, 0.05) is 31.0 Å². The Morgan fingerprint density at radius 2 is 2.23 bits per heavy atom. The van der Waals surface area contributed by atoms with E-state index >= 15 is 0 Å². The fourth-order valence-electron chi connectivity index (χ4n) is 2.22. The van der Waals surface area contributed by atoms with Crippen LogP contribution in [-0.4, -0.2) is 47.9 Å². The molecule has 0 spiro atoms. The third-order valence-corrected chi connectivity index (χ3v) is 3.82. The minimum Gasteiger partial charge on any atom is -0.492 e. The Bertz CT molecular complexity index is 563. The van der Waals surface area contributed by atoms with Gasteiger partial charge in [0.1, 0.15) is 18.0 Å². The first-order valence-electron chi connectivity index (χ1n) is 7.14. The van der Waals surface area contributed by atoms with Gasteiger partial charge in [-0.05, 0) is 18.2 Å². The van der Waals surface area contributed by atoms with Crippen LogP contribution in [0.5, 0.6) is 5.75 Å². The Morgan fingerprint density at radius 1 is 1.50 bits per heavy atom. The molecule has 22 heavy (non-hydrogen) atoms. The van der Waals surface area contributed by atoms with Crippen molar-refractivity contribution in [2.24, 2.45) is 0 Å². The molecule has 0 aromatic heterocycles. The molecule has 1 saturated heterocycles. The number of benzene rings is 1. The molecule has 1 aliphatic rings. The Balaban J connectivity index is 1.67. The molecule has 0 aliphatic carbocycles. The topological polar surface area (TPSA) is 61.8 Å². The van der Waals surface area contributed by atoms with Crippen molar-refractivity contribution in [2.45, 2.75) is 18.4 Å². The zero-order valence-electron chi connectivity index (χ0n) is 12.2. The van der Waals surface area contributed by atoms with Crippen molar-refractivity contribution in [3.05, 3.63) is 29.3 Å². The second-order valence-electron chi connectivity index (χ2n) is 5.20. The highest BCUT2D eigenvalue weighted by atomic mass is 35.5. The highest BCUT2D eigenvalue weighted by Crippen LogP contribution is 2.21. The second kappa shape index (κ2) is 7.39. The molecule has 2 rings (SSSR count). The molecule has 1 fully saturated rings. The average molecular weight is 323 g/mol. The first-order valence-corrected chi connectivity index (χ1v) is 7.51. The van der Waals surface area contributed by atoms with Crippen LogP contribution >= 0.6 is 11.6 Å². The van der Waals surface area contributed by atoms with E-state index in [0.717, 1.165) is 0 Å². The summed E-state index contributed by atoms with van der Waals surface area (Å²) in [5.74, 6) is 3.05. The molecular formula is C16H19ClN2O3. The monoisotopic (exact) mass is 322 g/mol. The molecule has 0 atom stereocenters. The van der Waals surface area contributed by atoms with Crippen molar-refractivity contribution < 1.29 is 14.6 Å². The van der Waals surface area contributed by atoms with Gasteiger partial charge in [0.25, 0.3) is 0 Å². The van der Waals surface area contributed by atoms with Crippen LogP contribution in [0.2, 0.25) is 5.02 Å². The quantitative estimate of drug-likeness (QED) is 0.657. The smallest absolute Gasteiger partial charge is 0.317 e. The van der Waals surface area contributed by atoms with E-state index in [1.807, 2.05) is 0 Å². The van der Waals surface area contributed by atoms with E-state index < -0.39 is 5.60 Å². The van der Waals surface area contributed by atoms with Crippen molar-refractivity contribution in [1.29, 1.82) is 0 Å². The van der Waals surface area contributed by atoms with E-state index in [9.17, 15) is 9.90 Å². The lowest BCUT2D eigenvalue weighted by Gasteiger charge is -2.34. The van der Waals surface area contributed by atoms with Crippen LogP contribution in [0.3, 0.4) is 0 Å². The molecule has 0 bridgehead atoms. The van der Waals surface area contributed by atoms with Gasteiger partial charge in [0.05, 0.1) is 6.54 Å². The predicted molar refractivity (Wildman–Crippen MR) is 84.9 cm³/mol. The Hall–Kier alpha value is -1.90. The van der Waals surface area contributed by atoms with E-state index in [-0.39, 0.29) is 6.03 Å². The first kappa shape index (κ1) is 16.5. The molecule has 1 aliphatic heterocycles. The van der Waals surface area contributed by atoms with Gasteiger partial charge >= 0.3 is 6.03 Å². The summed E-state index contributed by atoms with van der Waals surface area (Å²) in [6.07, 6.45) is 6.08. The van der Waals surface area contributed by atoms with E-state index in [2.05, 4.69) is 11.2 Å². The van der Waals surface area contributed by atoms with Crippen molar-refractivity contribution in [1.82, 2.24) is 10.2 Å². The van der Waals surface area contributed by atoms with E-state index in [1.165, 1.54) is 0 Å². The predicted octanol–water partition coefficient (Wildman–Crippen LogP) is 1.89. The van der Waals surface area contributed by atoms with Gasteiger partial charge < -0.3 is 20.1 Å². The minimum absolute atomic E-state index is 0.172. The largest absolute Gasteiger partial charge is 0.492 e. The molecule has 5 nitrogen and oxygen atoms in total. The number of amides is 2. The van der Waals surface area contributed by atoms with E-state index in [1.54, 1.807) is 29.2 Å². The Labute approximate surface area is 135 Å². The molecule has 2 amide bonds. The molecule has 1 heterocycles. The van der Waals surface area contributed by atoms with Crippen molar-refractivity contribution in [3.8, 4) is 18.1 Å². The van der Waals surface area contributed by atoms with Crippen LogP contribution in [0.1, 0.15) is 12.8 Å². The van der Waals surface area contributed by atoms with Gasteiger partial charge in [-0.3, -0.25) is 0 Å². The number of carbonyl (C=O) groups is 1. The van der Waals surface area contributed by atoms with Crippen LogP contribution in [-0.2, 0) is 0 Å². The summed E-state index contributed by atoms with van der Waals surface area (Å²) in [7, 11) is 0. The molecular weight excluding hydrogens is 304 g/mol. The number of hydrogen-bond acceptors (Lipinski definition) is 3. The number of nitrogens with zero attached hydrogens (tertiary/aromatic N) is 1. The molecule has 0 unspecified atom stereocenters. The van der Waals surface area contributed by atoms with Crippen LogP contribution in [0, 0.1) is 12.3 Å². The summed E-state index contributed by atoms with van der Waals surface area (Å²) < 4.78 is 5.49. The van der Waals surface area contributed by atoms with Gasteiger partial charge in [0.2, 0.25) is 0 Å². The third kappa shape index (κ3) is 4.55. The summed E-state index contributed by atoms with van der Waals surface area (Å²) in [4.78, 5) is 13.6. The van der Waals surface area contributed by atoms with Gasteiger partial charge in [-0.25, -0.2) is 4.79 Å². The minimum atomic E-state index is -1.08. The van der Waals surface area contributed by atoms with Crippen LogP contribution in [0.4, 0.5) is 4.79 Å². The number of carbonyl (C=O) groups excluding carboxylic acids is 1. The normalized spacial score (nSPS) is 16.7. The lowest BCUT2D eigenvalue weighted by atomic mass is 9.93. The van der Waals surface area contributed by atoms with Crippen molar-refractivity contribution in [3.63, 3.8) is 0 Å². The summed E-state index contributed by atoms with van der Waals surface area (Å²) in [6.45, 7) is 1.64. The number of ether oxygens (including phenoxy) is 1. The Morgan fingerprint density at radius 3 is 2.86 bits per heavy atom. The fraction of sp³-hybridized carbons (Fsp3) is 0.438. The zero-order valence-corrected chi connectivity index (χ0v) is 13.0. The second-order valence-corrected chi connectivity index (χ2v) is 5.64. The Kier molecular flexibility index (Phi) is 5.53. The third-order valence-electron chi connectivity index (χ3n) is 3.59. The number of aliphatic hydroxyl groups is 1. The standard InChI is InChI=1S/C16H19ClN2O3/c1-2-16(21)6-9-19(10-7-16)15(20)18-8-11-22-14-5-3-4-13(17)12-14/h1,3-5,12,21H,6-11H2,(H,18,20). The highest BCUT2D eigenvalue weighted by molar-refractivity contribution is 6.30. The maximum absolute atomic E-state index is 12.0. The summed E-state index contributed by atoms with van der Waals surface area (Å²) in [6, 6.07) is 6.92. The van der Waals surface area contributed by atoms with Crippen molar-refractivity contribution >= 4 is 17.6 Å². The highest BCUT2D eigenvalue weighted by Gasteiger charge is 2.31. The number of piperidine rings is 1. The van der Waals surface area contributed by atoms with Gasteiger partial charge in [-0.2, -0.15) is 0 Å². The van der Waals surface area contributed by atoms with E-state index in [0.29, 0.717) is 49.9 Å². The number of hydrogen-bond donors (Lipinski definition) is 2. The summed E-state index contributed by atoms with van der Waals surface area (Å²) >= 11 is 5.85. The average Bonchev–Trinajstić information content (AvgIpc) is 2.52. The lowest BCUT2D eigenvalue weighted by Crippen LogP contribution is -2.49. The molecule has 6 heteroatoms. The molecule has 1 aromatic rings. The van der Waals surface area contributed by atoms with Gasteiger partial charge in [-0.15, -0.1) is 6.42 Å². The number of urea groups is 1. The maximum atomic E-state index is 12.0. The summed E-state index contributed by atoms with van der Waals surface area (Å²) in [5, 5.41) is 13.3. The zero-order chi connectivity index (χ0) is 16.0. The maximum Gasteiger partial charge on any atom is 0.317 e. The van der Waals surface area contributed by atoms with Gasteiger partial charge in [-0.1, -0.05) is 23.6 Å². The fourth-order valence-corrected chi connectivity index (χ4v) is 2.40. The van der Waals surface area contributed by atoms with Crippen LogP contribution in [0.25, 0.3) is 0 Å². The number of nitrogens with one attached hydrogen (secondary N) is 1. The molecule has 118 valence electrons. The van der Waals surface area contributed by atoms with Crippen LogP contribution in [0.15, 0.2) is 24.3 Å². The lowest BCUT2D eigenvalue weighted by molar-refractivity contribution is 0.0379. The van der Waals surface area contributed by atoms with E-state index in [4.69, 9.17) is 22.8 Å². The SMILES string of the molecule is C#CC1(O)CCN(C(=O)NCCOc2cccc(Cl)c2)CC1. The van der Waals surface area contributed by atoms with Gasteiger partial charge in [0.15, 0.2) is 0 Å². The van der Waals surface area contributed by atoms with Crippen LogP contribution < -0.4 is 10.1 Å². The van der Waals surface area contributed by atoms with Crippen molar-refractivity contribution in [2.75, 3.05) is 26.2 Å². The first-order chi connectivity index (χ1) is 10.5. The molecule has 0 saturated carbocycles. The molecule has 0 radical (unpaired) electrons.